The quantitative estimate of drug-likeness (QED) is 0.446. The Hall–Kier alpha value is -1.84. The summed E-state index contributed by atoms with van der Waals surface area (Å²) < 4.78 is 4.08. The molecule has 0 bridgehead atoms. The maximum Gasteiger partial charge on any atom is 0.352 e. The lowest BCUT2D eigenvalue weighted by Crippen LogP contribution is -2.63. The Bertz CT molecular complexity index is 990. The average Bonchev–Trinajstić information content (AvgIpc) is 3.17. The number of aryl methyl sites for hydroxylation is 1. The Morgan fingerprint density at radius 2 is 2.19 bits per heavy atom. The molecule has 1 saturated heterocycles. The molecular weight excluding hydrogens is 386 g/mol. The fourth-order valence-electron chi connectivity index (χ4n) is 4.32. The number of aliphatic carboxylic acids is 1. The van der Waals surface area contributed by atoms with Gasteiger partial charge in [-0.1, -0.05) is 36.9 Å². The number of hydrogen-bond donors (Lipinski definition) is 2. The Kier molecular flexibility index (Phi) is 4.36. The molecule has 0 radical (unpaired) electrons. The minimum atomic E-state index is -1.09. The van der Waals surface area contributed by atoms with Crippen LogP contribution in [0.15, 0.2) is 23.2 Å². The lowest BCUT2D eigenvalue weighted by Gasteiger charge is -2.46. The number of aromatic nitrogens is 2. The molecule has 4 atom stereocenters. The lowest BCUT2D eigenvalue weighted by molar-refractivity contribution is -0.705. The van der Waals surface area contributed by atoms with Gasteiger partial charge in [-0.2, -0.15) is 4.40 Å². The maximum atomic E-state index is 12.5. The third kappa shape index (κ3) is 2.48. The first-order valence-corrected chi connectivity index (χ1v) is 10.7. The average molecular weight is 409 g/mol. The van der Waals surface area contributed by atoms with E-state index < -0.39 is 18.0 Å². The number of thiazole rings is 1. The van der Waals surface area contributed by atoms with E-state index >= 15 is 0 Å². The van der Waals surface area contributed by atoms with Crippen molar-refractivity contribution in [1.29, 1.82) is 0 Å². The molecule has 27 heavy (non-hydrogen) atoms. The van der Waals surface area contributed by atoms with Gasteiger partial charge in [-0.05, 0) is 12.7 Å². The van der Waals surface area contributed by atoms with Gasteiger partial charge in [0.2, 0.25) is 22.1 Å². The van der Waals surface area contributed by atoms with E-state index in [-0.39, 0.29) is 23.6 Å². The number of rotatable bonds is 5. The number of imidazole rings is 1. The van der Waals surface area contributed by atoms with Crippen molar-refractivity contribution in [2.24, 2.45) is 18.9 Å². The Morgan fingerprint density at radius 1 is 1.48 bits per heavy atom. The van der Waals surface area contributed by atoms with E-state index in [1.807, 2.05) is 30.9 Å². The summed E-state index contributed by atoms with van der Waals surface area (Å²) in [6.45, 7) is 5.63. The second-order valence-corrected chi connectivity index (χ2v) is 9.38. The smallest absolute Gasteiger partial charge is 0.352 e. The van der Waals surface area contributed by atoms with Crippen LogP contribution < -0.4 is 4.57 Å². The van der Waals surface area contributed by atoms with Crippen molar-refractivity contribution in [3.05, 3.63) is 23.1 Å². The molecule has 144 valence electrons. The SMILES string of the molecule is CCSc1c2sc(C3=C(C(=O)O)N4C(=O)[C@H]([C@@H](C)O)[C@H]4[C@H]3C)cn2c[n+]1C. The molecule has 2 N–H and O–H groups in total. The van der Waals surface area contributed by atoms with Crippen molar-refractivity contribution in [1.82, 2.24) is 9.30 Å². The van der Waals surface area contributed by atoms with Gasteiger partial charge in [0.25, 0.3) is 0 Å². The highest BCUT2D eigenvalue weighted by Gasteiger charge is 2.60. The van der Waals surface area contributed by atoms with E-state index in [0.29, 0.717) is 5.57 Å². The van der Waals surface area contributed by atoms with Crippen LogP contribution in [-0.4, -0.2) is 49.3 Å². The molecule has 4 rings (SSSR count). The van der Waals surface area contributed by atoms with Gasteiger partial charge in [-0.15, -0.1) is 0 Å². The second-order valence-electron chi connectivity index (χ2n) is 7.09. The van der Waals surface area contributed by atoms with Crippen LogP contribution in [0.25, 0.3) is 10.4 Å². The van der Waals surface area contributed by atoms with Gasteiger partial charge in [-0.25, -0.2) is 9.36 Å². The second kappa shape index (κ2) is 6.35. The number of carboxylic acid groups (broad SMARTS) is 1. The van der Waals surface area contributed by atoms with E-state index in [1.54, 1.807) is 30.0 Å². The monoisotopic (exact) mass is 408 g/mol. The van der Waals surface area contributed by atoms with E-state index in [4.69, 9.17) is 0 Å². The number of carbonyl (C=O) groups excluding carboxylic acids is 1. The standard InChI is InChI=1S/C18H21N3O4S2/c1-5-26-16-17-20(7-19(16)4)6-10(27-17)11-8(2)13-12(9(3)22)15(23)21(13)14(11)18(24)25/h6-9,12-13,22H,5H2,1-4H3/p+1/t8-,9+,12+,13+/m0/s1. The van der Waals surface area contributed by atoms with Gasteiger partial charge in [0.1, 0.15) is 11.9 Å². The molecule has 2 aliphatic rings. The zero-order valence-electron chi connectivity index (χ0n) is 15.5. The summed E-state index contributed by atoms with van der Waals surface area (Å²) in [4.78, 5) is 27.8. The number of amides is 1. The molecule has 2 aromatic rings. The first-order chi connectivity index (χ1) is 12.8. The minimum absolute atomic E-state index is 0.0629. The van der Waals surface area contributed by atoms with E-state index in [0.717, 1.165) is 20.5 Å². The Labute approximate surface area is 164 Å². The summed E-state index contributed by atoms with van der Waals surface area (Å²) in [5.41, 5.74) is 0.751. The summed E-state index contributed by atoms with van der Waals surface area (Å²) in [6.07, 6.45) is 3.13. The van der Waals surface area contributed by atoms with Crippen LogP contribution in [0, 0.1) is 11.8 Å². The Balaban J connectivity index is 1.84. The molecule has 2 aromatic heterocycles. The number of thioether (sulfide) groups is 1. The molecule has 0 saturated carbocycles. The van der Waals surface area contributed by atoms with Gasteiger partial charge >= 0.3 is 5.97 Å². The Morgan fingerprint density at radius 3 is 2.78 bits per heavy atom. The number of hydrogen-bond acceptors (Lipinski definition) is 5. The summed E-state index contributed by atoms with van der Waals surface area (Å²) >= 11 is 3.29. The first-order valence-electron chi connectivity index (χ1n) is 8.89. The van der Waals surface area contributed by atoms with E-state index in [1.165, 1.54) is 4.90 Å². The van der Waals surface area contributed by atoms with Crippen molar-refractivity contribution in [3.63, 3.8) is 0 Å². The van der Waals surface area contributed by atoms with Gasteiger partial charge in [0.05, 0.1) is 30.0 Å². The van der Waals surface area contributed by atoms with Gasteiger partial charge in [0, 0.05) is 11.5 Å². The van der Waals surface area contributed by atoms with Crippen molar-refractivity contribution < 1.29 is 24.4 Å². The fraction of sp³-hybridized carbons (Fsp3) is 0.500. The summed E-state index contributed by atoms with van der Waals surface area (Å²) in [5, 5.41) is 20.9. The number of carboxylic acids is 1. The number of aliphatic hydroxyl groups excluding tert-OH is 1. The first kappa shape index (κ1) is 18.5. The minimum Gasteiger partial charge on any atom is -0.477 e. The van der Waals surface area contributed by atoms with Crippen molar-refractivity contribution in [3.8, 4) is 0 Å². The molecule has 4 heterocycles. The van der Waals surface area contributed by atoms with Crippen LogP contribution in [-0.2, 0) is 16.6 Å². The van der Waals surface area contributed by atoms with Crippen molar-refractivity contribution in [2.45, 2.75) is 37.9 Å². The summed E-state index contributed by atoms with van der Waals surface area (Å²) in [6, 6.07) is -0.291. The van der Waals surface area contributed by atoms with Gasteiger partial charge in [-0.3, -0.25) is 4.79 Å². The molecular formula is C18H22N3O4S2+. The highest BCUT2D eigenvalue weighted by molar-refractivity contribution is 7.99. The molecule has 1 fully saturated rings. The van der Waals surface area contributed by atoms with E-state index in [9.17, 15) is 19.8 Å². The molecule has 0 unspecified atom stereocenters. The zero-order chi connectivity index (χ0) is 19.6. The number of aliphatic hydroxyl groups is 1. The summed E-state index contributed by atoms with van der Waals surface area (Å²) in [5.74, 6) is -1.13. The van der Waals surface area contributed by atoms with Crippen LogP contribution in [0.2, 0.25) is 0 Å². The fourth-order valence-corrected chi connectivity index (χ4v) is 6.57. The molecule has 7 nitrogen and oxygen atoms in total. The van der Waals surface area contributed by atoms with Crippen LogP contribution in [0.3, 0.4) is 0 Å². The topological polar surface area (TPSA) is 86.1 Å². The zero-order valence-corrected chi connectivity index (χ0v) is 17.2. The number of β-lactam (4-membered cyclic amide) rings is 1. The predicted molar refractivity (Wildman–Crippen MR) is 102 cm³/mol. The predicted octanol–water partition coefficient (Wildman–Crippen LogP) is 1.59. The van der Waals surface area contributed by atoms with Crippen molar-refractivity contribution in [2.75, 3.05) is 5.75 Å². The lowest BCUT2D eigenvalue weighted by atomic mass is 9.77. The van der Waals surface area contributed by atoms with Gasteiger partial charge in [0.15, 0.2) is 0 Å². The maximum absolute atomic E-state index is 12.5. The number of fused-ring (bicyclic) bond motifs is 2. The van der Waals surface area contributed by atoms with Crippen LogP contribution >= 0.6 is 23.1 Å². The van der Waals surface area contributed by atoms with Crippen molar-refractivity contribution >= 4 is 45.4 Å². The molecule has 0 aliphatic carbocycles. The van der Waals surface area contributed by atoms with Crippen LogP contribution in [0.4, 0.5) is 0 Å². The molecule has 1 amide bonds. The molecule has 9 heteroatoms. The molecule has 0 spiro atoms. The third-order valence-corrected chi connectivity index (χ3v) is 7.73. The highest BCUT2D eigenvalue weighted by Crippen LogP contribution is 2.51. The largest absolute Gasteiger partial charge is 0.477 e. The third-order valence-electron chi connectivity index (χ3n) is 5.42. The normalized spacial score (nSPS) is 25.9. The summed E-state index contributed by atoms with van der Waals surface area (Å²) in [7, 11) is 2.00. The van der Waals surface area contributed by atoms with Crippen LogP contribution in [0.1, 0.15) is 25.6 Å². The highest BCUT2D eigenvalue weighted by atomic mass is 32.2. The number of carbonyl (C=O) groups is 2. The number of nitrogens with zero attached hydrogens (tertiary/aromatic N) is 3. The van der Waals surface area contributed by atoms with Gasteiger partial charge < -0.3 is 15.1 Å². The van der Waals surface area contributed by atoms with E-state index in [2.05, 4.69) is 11.5 Å². The molecule has 0 aromatic carbocycles. The molecule has 2 aliphatic heterocycles. The van der Waals surface area contributed by atoms with Crippen LogP contribution in [0.5, 0.6) is 0 Å².